The molecule has 104 valence electrons. The summed E-state index contributed by atoms with van der Waals surface area (Å²) in [6, 6.07) is 2.50. The van der Waals surface area contributed by atoms with Gasteiger partial charge in [-0.15, -0.1) is 0 Å². The summed E-state index contributed by atoms with van der Waals surface area (Å²) in [7, 11) is -3.76. The molecule has 0 aromatic heterocycles. The summed E-state index contributed by atoms with van der Waals surface area (Å²) < 4.78 is 26.2. The largest absolute Gasteiger partial charge is 0.478 e. The molecule has 0 saturated carbocycles. The number of aromatic carboxylic acids is 1. The van der Waals surface area contributed by atoms with Gasteiger partial charge in [0, 0.05) is 17.6 Å². The van der Waals surface area contributed by atoms with E-state index in [4.69, 9.17) is 5.11 Å². The molecule has 2 rings (SSSR count). The smallest absolute Gasteiger partial charge is 0.335 e. The van der Waals surface area contributed by atoms with Crippen LogP contribution in [0.1, 0.15) is 15.9 Å². The van der Waals surface area contributed by atoms with E-state index in [0.717, 1.165) is 10.4 Å². The van der Waals surface area contributed by atoms with Crippen LogP contribution < -0.4 is 0 Å². The van der Waals surface area contributed by atoms with Gasteiger partial charge in [0.25, 0.3) is 0 Å². The second kappa shape index (κ2) is 4.86. The Morgan fingerprint density at radius 3 is 2.47 bits per heavy atom. The Morgan fingerprint density at radius 2 is 2.00 bits per heavy atom. The number of β-amino-alcohol motifs (C(OH)–C–C–N with tert-alkyl or cyclic N) is 1. The molecule has 1 aliphatic heterocycles. The van der Waals surface area contributed by atoms with Gasteiger partial charge in [-0.2, -0.15) is 4.31 Å². The van der Waals surface area contributed by atoms with E-state index < -0.39 is 22.1 Å². The molecule has 0 radical (unpaired) electrons. The van der Waals surface area contributed by atoms with Gasteiger partial charge < -0.3 is 10.2 Å². The fraction of sp³-hybridized carbons (Fsp3) is 0.364. The lowest BCUT2D eigenvalue weighted by atomic mass is 10.1. The van der Waals surface area contributed by atoms with Crippen molar-refractivity contribution in [1.29, 1.82) is 0 Å². The Morgan fingerprint density at radius 1 is 1.42 bits per heavy atom. The minimum atomic E-state index is -3.76. The summed E-state index contributed by atoms with van der Waals surface area (Å²) in [6.45, 7) is 1.67. The maximum atomic E-state index is 12.3. The quantitative estimate of drug-likeness (QED) is 0.842. The van der Waals surface area contributed by atoms with Gasteiger partial charge in [0.05, 0.1) is 16.6 Å². The van der Waals surface area contributed by atoms with Crippen LogP contribution in [0, 0.1) is 6.92 Å². The van der Waals surface area contributed by atoms with Gasteiger partial charge in [0.1, 0.15) is 0 Å². The molecule has 1 aliphatic rings. The first-order chi connectivity index (χ1) is 8.73. The molecule has 2 N–H and O–H groups in total. The number of nitrogens with zero attached hydrogens (tertiary/aromatic N) is 1. The van der Waals surface area contributed by atoms with Crippen molar-refractivity contribution < 1.29 is 23.4 Å². The maximum Gasteiger partial charge on any atom is 0.335 e. The van der Waals surface area contributed by atoms with E-state index in [1.807, 2.05) is 0 Å². The maximum absolute atomic E-state index is 12.3. The average molecular weight is 350 g/mol. The number of hydrogen-bond acceptors (Lipinski definition) is 4. The summed E-state index contributed by atoms with van der Waals surface area (Å²) in [5.41, 5.74) is 0.350. The summed E-state index contributed by atoms with van der Waals surface area (Å²) in [5, 5.41) is 18.2. The van der Waals surface area contributed by atoms with Crippen LogP contribution >= 0.6 is 15.9 Å². The first-order valence-corrected chi connectivity index (χ1v) is 7.68. The fourth-order valence-electron chi connectivity index (χ4n) is 1.80. The molecule has 1 aromatic rings. The average Bonchev–Trinajstić information content (AvgIpc) is 2.27. The summed E-state index contributed by atoms with van der Waals surface area (Å²) >= 11 is 3.16. The van der Waals surface area contributed by atoms with Gasteiger partial charge in [0.2, 0.25) is 10.0 Å². The van der Waals surface area contributed by atoms with Crippen molar-refractivity contribution in [3.8, 4) is 0 Å². The van der Waals surface area contributed by atoms with Gasteiger partial charge in [-0.1, -0.05) is 15.9 Å². The Hall–Kier alpha value is -0.960. The lowest BCUT2D eigenvalue weighted by molar-refractivity contribution is 0.0547. The number of benzene rings is 1. The van der Waals surface area contributed by atoms with E-state index in [0.29, 0.717) is 10.0 Å². The molecule has 19 heavy (non-hydrogen) atoms. The molecule has 0 amide bonds. The van der Waals surface area contributed by atoms with E-state index in [1.54, 1.807) is 6.92 Å². The predicted molar refractivity (Wildman–Crippen MR) is 70.6 cm³/mol. The van der Waals surface area contributed by atoms with Crippen LogP contribution in [0.2, 0.25) is 0 Å². The third-order valence-corrected chi connectivity index (χ3v) is 5.77. The minimum Gasteiger partial charge on any atom is -0.478 e. The topological polar surface area (TPSA) is 94.9 Å². The zero-order valence-electron chi connectivity index (χ0n) is 10.00. The highest BCUT2D eigenvalue weighted by Gasteiger charge is 2.37. The monoisotopic (exact) mass is 349 g/mol. The van der Waals surface area contributed by atoms with Crippen molar-refractivity contribution >= 4 is 31.9 Å². The highest BCUT2D eigenvalue weighted by molar-refractivity contribution is 9.10. The Bertz CT molecular complexity index is 637. The van der Waals surface area contributed by atoms with Crippen LogP contribution in [0.4, 0.5) is 0 Å². The molecule has 1 aromatic carbocycles. The molecule has 0 spiro atoms. The van der Waals surface area contributed by atoms with Crippen LogP contribution in [0.25, 0.3) is 0 Å². The zero-order chi connectivity index (χ0) is 14.4. The third kappa shape index (κ3) is 2.53. The van der Waals surface area contributed by atoms with E-state index in [9.17, 15) is 18.3 Å². The lowest BCUT2D eigenvalue weighted by Crippen LogP contribution is -2.53. The molecule has 0 atom stereocenters. The molecule has 1 fully saturated rings. The number of aliphatic hydroxyl groups is 1. The second-order valence-electron chi connectivity index (χ2n) is 4.36. The molecule has 0 bridgehead atoms. The number of rotatable bonds is 3. The molecular formula is C11H12BrNO5S. The van der Waals surface area contributed by atoms with Gasteiger partial charge in [-0.3, -0.25) is 0 Å². The van der Waals surface area contributed by atoms with Crippen molar-refractivity contribution in [3.63, 3.8) is 0 Å². The van der Waals surface area contributed by atoms with Gasteiger partial charge in [0.15, 0.2) is 0 Å². The van der Waals surface area contributed by atoms with E-state index in [2.05, 4.69) is 15.9 Å². The van der Waals surface area contributed by atoms with Crippen molar-refractivity contribution in [2.24, 2.45) is 0 Å². The number of carboxylic acids is 1. The Labute approximate surface area is 118 Å². The van der Waals surface area contributed by atoms with Crippen LogP contribution in [-0.2, 0) is 10.0 Å². The molecule has 8 heteroatoms. The fourth-order valence-corrected chi connectivity index (χ4v) is 4.18. The number of carbonyl (C=O) groups is 1. The standard InChI is InChI=1S/C11H12BrNO5S/c1-6-9(12)2-7(11(15)16)3-10(6)19(17,18)13-4-8(14)5-13/h2-3,8,14H,4-5H2,1H3,(H,15,16). The first-order valence-electron chi connectivity index (χ1n) is 5.45. The van der Waals surface area contributed by atoms with Crippen molar-refractivity contribution in [3.05, 3.63) is 27.7 Å². The number of aliphatic hydroxyl groups excluding tert-OH is 1. The summed E-state index contributed by atoms with van der Waals surface area (Å²) in [5.74, 6) is -1.19. The van der Waals surface area contributed by atoms with Gasteiger partial charge >= 0.3 is 5.97 Å². The summed E-state index contributed by atoms with van der Waals surface area (Å²) in [4.78, 5) is 10.9. The minimum absolute atomic E-state index is 0.0384. The van der Waals surface area contributed by atoms with Crippen LogP contribution in [0.3, 0.4) is 0 Å². The molecular weight excluding hydrogens is 338 g/mol. The lowest BCUT2D eigenvalue weighted by Gasteiger charge is -2.35. The van der Waals surface area contributed by atoms with E-state index in [-0.39, 0.29) is 23.5 Å². The number of sulfonamides is 1. The highest BCUT2D eigenvalue weighted by Crippen LogP contribution is 2.30. The Balaban J connectivity index is 2.52. The number of carboxylic acid groups (broad SMARTS) is 1. The third-order valence-electron chi connectivity index (χ3n) is 2.99. The molecule has 1 heterocycles. The van der Waals surface area contributed by atoms with Crippen molar-refractivity contribution in [2.75, 3.05) is 13.1 Å². The first kappa shape index (κ1) is 14.4. The predicted octanol–water partition coefficient (Wildman–Crippen LogP) is 0.821. The number of halogens is 1. The summed E-state index contributed by atoms with van der Waals surface area (Å²) in [6.07, 6.45) is -0.652. The highest BCUT2D eigenvalue weighted by atomic mass is 79.9. The van der Waals surface area contributed by atoms with E-state index >= 15 is 0 Å². The molecule has 1 saturated heterocycles. The van der Waals surface area contributed by atoms with Gasteiger partial charge in [-0.25, -0.2) is 13.2 Å². The van der Waals surface area contributed by atoms with Crippen LogP contribution in [0.5, 0.6) is 0 Å². The Kier molecular flexibility index (Phi) is 3.69. The SMILES string of the molecule is Cc1c(Br)cc(C(=O)O)cc1S(=O)(=O)N1CC(O)C1. The molecule has 6 nitrogen and oxygen atoms in total. The zero-order valence-corrected chi connectivity index (χ0v) is 12.4. The van der Waals surface area contributed by atoms with Crippen LogP contribution in [-0.4, -0.2) is 48.1 Å². The molecule has 0 aliphatic carbocycles. The second-order valence-corrected chi connectivity index (χ2v) is 7.12. The van der Waals surface area contributed by atoms with Gasteiger partial charge in [-0.05, 0) is 24.6 Å². The van der Waals surface area contributed by atoms with Crippen LogP contribution in [0.15, 0.2) is 21.5 Å². The normalized spacial score (nSPS) is 17.2. The molecule has 0 unspecified atom stereocenters. The van der Waals surface area contributed by atoms with E-state index in [1.165, 1.54) is 6.07 Å². The number of hydrogen-bond donors (Lipinski definition) is 2. The van der Waals surface area contributed by atoms with Crippen molar-refractivity contribution in [2.45, 2.75) is 17.9 Å². The van der Waals surface area contributed by atoms with Crippen molar-refractivity contribution in [1.82, 2.24) is 4.31 Å².